The minimum atomic E-state index is -0.275. The van der Waals surface area contributed by atoms with Gasteiger partial charge in [0.25, 0.3) is 0 Å². The Hall–Kier alpha value is 0.470. The van der Waals surface area contributed by atoms with Crippen LogP contribution in [0.5, 0.6) is 0 Å². The molecule has 0 aromatic heterocycles. The molecule has 0 spiro atoms. The molecule has 0 bridgehead atoms. The van der Waals surface area contributed by atoms with Crippen LogP contribution in [-0.4, -0.2) is 5.88 Å². The molecule has 0 saturated carbocycles. The highest BCUT2D eigenvalue weighted by molar-refractivity contribution is 9.24. The van der Waals surface area contributed by atoms with Crippen molar-refractivity contribution in [2.75, 3.05) is 5.88 Å². The van der Waals surface area contributed by atoms with Crippen LogP contribution in [-0.2, 0) is 3.23 Å². The third-order valence-corrected chi connectivity index (χ3v) is 3.89. The van der Waals surface area contributed by atoms with E-state index in [0.717, 1.165) is 5.56 Å². The monoisotopic (exact) mass is 296 g/mol. The molecule has 3 heteroatoms. The molecule has 0 radical (unpaired) electrons. The molecule has 0 heterocycles. The summed E-state index contributed by atoms with van der Waals surface area (Å²) < 4.78 is -0.275. The highest BCUT2D eigenvalue weighted by atomic mass is 79.9. The minimum absolute atomic E-state index is 0.275. The summed E-state index contributed by atoms with van der Waals surface area (Å²) in [6.45, 7) is 0. The summed E-state index contributed by atoms with van der Waals surface area (Å²) in [6, 6.07) is 9.99. The molecule has 0 aliphatic rings. The fraction of sp³-hybridized carbons (Fsp3) is 0.250. The Kier molecular flexibility index (Phi) is 3.41. The van der Waals surface area contributed by atoms with Crippen molar-refractivity contribution in [2.45, 2.75) is 3.23 Å². The Morgan fingerprint density at radius 3 is 2.18 bits per heavy atom. The lowest BCUT2D eigenvalue weighted by molar-refractivity contribution is 1.07. The van der Waals surface area contributed by atoms with Crippen molar-refractivity contribution in [3.63, 3.8) is 0 Å². The van der Waals surface area contributed by atoms with E-state index in [1.165, 1.54) is 0 Å². The van der Waals surface area contributed by atoms with Crippen LogP contribution in [0.15, 0.2) is 30.3 Å². The van der Waals surface area contributed by atoms with E-state index in [1.54, 1.807) is 0 Å². The lowest BCUT2D eigenvalue weighted by Crippen LogP contribution is -2.09. The number of rotatable bonds is 2. The Bertz CT molecular complexity index is 221. The fourth-order valence-corrected chi connectivity index (χ4v) is 1.44. The van der Waals surface area contributed by atoms with Crippen molar-refractivity contribution in [1.29, 1.82) is 0 Å². The van der Waals surface area contributed by atoms with Crippen molar-refractivity contribution in [3.8, 4) is 0 Å². The standard InChI is InChI=1S/C8H7Br2Cl/c9-8(10,6-11)7-4-2-1-3-5-7/h1-5H,6H2. The van der Waals surface area contributed by atoms with Crippen LogP contribution in [0.3, 0.4) is 0 Å². The zero-order valence-corrected chi connectivity index (χ0v) is 9.66. The molecular weight excluding hydrogens is 291 g/mol. The highest BCUT2D eigenvalue weighted by Gasteiger charge is 2.22. The Labute approximate surface area is 88.2 Å². The Morgan fingerprint density at radius 1 is 1.18 bits per heavy atom. The van der Waals surface area contributed by atoms with Crippen LogP contribution in [0.4, 0.5) is 0 Å². The second-order valence-electron chi connectivity index (χ2n) is 2.20. The predicted molar refractivity (Wildman–Crippen MR) is 56.7 cm³/mol. The van der Waals surface area contributed by atoms with E-state index >= 15 is 0 Å². The molecule has 0 amide bonds. The first-order valence-corrected chi connectivity index (χ1v) is 5.28. The van der Waals surface area contributed by atoms with E-state index in [-0.39, 0.29) is 3.23 Å². The molecule has 0 aliphatic carbocycles. The summed E-state index contributed by atoms with van der Waals surface area (Å²) in [7, 11) is 0. The maximum atomic E-state index is 5.73. The third-order valence-electron chi connectivity index (χ3n) is 1.36. The van der Waals surface area contributed by atoms with Gasteiger partial charge >= 0.3 is 0 Å². The van der Waals surface area contributed by atoms with E-state index in [4.69, 9.17) is 11.6 Å². The maximum absolute atomic E-state index is 5.73. The van der Waals surface area contributed by atoms with Crippen LogP contribution >= 0.6 is 43.5 Å². The SMILES string of the molecule is ClCC(Br)(Br)c1ccccc1. The molecule has 60 valence electrons. The Morgan fingerprint density at radius 2 is 1.73 bits per heavy atom. The molecule has 1 aromatic rings. The summed E-state index contributed by atoms with van der Waals surface area (Å²) in [5.41, 5.74) is 1.13. The molecule has 0 aliphatic heterocycles. The summed E-state index contributed by atoms with van der Waals surface area (Å²) in [4.78, 5) is 0. The van der Waals surface area contributed by atoms with Gasteiger partial charge in [-0.15, -0.1) is 11.6 Å². The van der Waals surface area contributed by atoms with Gasteiger partial charge in [0, 0.05) is 0 Å². The van der Waals surface area contributed by atoms with Crippen molar-refractivity contribution >= 4 is 43.5 Å². The van der Waals surface area contributed by atoms with Gasteiger partial charge in [0.15, 0.2) is 0 Å². The van der Waals surface area contributed by atoms with Gasteiger partial charge < -0.3 is 0 Å². The molecular formula is C8H7Br2Cl. The largest absolute Gasteiger partial charge is 0.124 e. The second-order valence-corrected chi connectivity index (χ2v) is 6.24. The summed E-state index contributed by atoms with van der Waals surface area (Å²) in [5.74, 6) is 0.497. The van der Waals surface area contributed by atoms with Crippen molar-refractivity contribution < 1.29 is 0 Å². The molecule has 0 atom stereocenters. The molecule has 1 rings (SSSR count). The molecule has 0 saturated heterocycles. The zero-order valence-electron chi connectivity index (χ0n) is 5.73. The van der Waals surface area contributed by atoms with Crippen LogP contribution < -0.4 is 0 Å². The number of halogens is 3. The topological polar surface area (TPSA) is 0 Å². The third kappa shape index (κ3) is 2.46. The first kappa shape index (κ1) is 9.56. The first-order chi connectivity index (χ1) is 5.17. The molecule has 0 fully saturated rings. The van der Waals surface area contributed by atoms with Gasteiger partial charge in [-0.1, -0.05) is 62.2 Å². The predicted octanol–water partition coefficient (Wildman–Crippen LogP) is 3.87. The van der Waals surface area contributed by atoms with Gasteiger partial charge in [0.05, 0.1) is 5.88 Å². The van der Waals surface area contributed by atoms with Crippen LogP contribution in [0.1, 0.15) is 5.56 Å². The van der Waals surface area contributed by atoms with Crippen LogP contribution in [0.2, 0.25) is 0 Å². The van der Waals surface area contributed by atoms with E-state index in [1.807, 2.05) is 30.3 Å². The average molecular weight is 298 g/mol. The minimum Gasteiger partial charge on any atom is -0.124 e. The van der Waals surface area contributed by atoms with E-state index < -0.39 is 0 Å². The molecule has 1 aromatic carbocycles. The van der Waals surface area contributed by atoms with Crippen LogP contribution in [0, 0.1) is 0 Å². The average Bonchev–Trinajstić information content (AvgIpc) is 2.06. The molecule has 0 unspecified atom stereocenters. The van der Waals surface area contributed by atoms with Crippen molar-refractivity contribution in [1.82, 2.24) is 0 Å². The Balaban J connectivity index is 2.93. The zero-order chi connectivity index (χ0) is 8.32. The number of alkyl halides is 3. The summed E-state index contributed by atoms with van der Waals surface area (Å²) in [6.07, 6.45) is 0. The highest BCUT2D eigenvalue weighted by Crippen LogP contribution is 2.38. The van der Waals surface area contributed by atoms with E-state index in [0.29, 0.717) is 5.88 Å². The molecule has 0 N–H and O–H groups in total. The normalized spacial score (nSPS) is 11.5. The van der Waals surface area contributed by atoms with Gasteiger partial charge in [0.2, 0.25) is 0 Å². The number of hydrogen-bond donors (Lipinski definition) is 0. The molecule has 0 nitrogen and oxygen atoms in total. The summed E-state index contributed by atoms with van der Waals surface area (Å²) >= 11 is 12.7. The van der Waals surface area contributed by atoms with Gasteiger partial charge in [0.1, 0.15) is 3.23 Å². The maximum Gasteiger partial charge on any atom is 0.119 e. The van der Waals surface area contributed by atoms with Gasteiger partial charge in [-0.25, -0.2) is 0 Å². The van der Waals surface area contributed by atoms with Crippen molar-refractivity contribution in [3.05, 3.63) is 35.9 Å². The number of benzene rings is 1. The summed E-state index contributed by atoms with van der Waals surface area (Å²) in [5, 5.41) is 0. The van der Waals surface area contributed by atoms with Gasteiger partial charge in [-0.2, -0.15) is 0 Å². The first-order valence-electron chi connectivity index (χ1n) is 3.16. The number of hydrogen-bond acceptors (Lipinski definition) is 0. The lowest BCUT2D eigenvalue weighted by Gasteiger charge is -2.16. The quantitative estimate of drug-likeness (QED) is 0.727. The smallest absolute Gasteiger partial charge is 0.119 e. The van der Waals surface area contributed by atoms with E-state index in [9.17, 15) is 0 Å². The molecule has 11 heavy (non-hydrogen) atoms. The van der Waals surface area contributed by atoms with Gasteiger partial charge in [-0.05, 0) is 5.56 Å². The van der Waals surface area contributed by atoms with Gasteiger partial charge in [-0.3, -0.25) is 0 Å². The second kappa shape index (κ2) is 3.92. The van der Waals surface area contributed by atoms with E-state index in [2.05, 4.69) is 31.9 Å². The van der Waals surface area contributed by atoms with Crippen molar-refractivity contribution in [2.24, 2.45) is 0 Å². The lowest BCUT2D eigenvalue weighted by atomic mass is 10.2. The fourth-order valence-electron chi connectivity index (χ4n) is 0.759. The van der Waals surface area contributed by atoms with Crippen LogP contribution in [0.25, 0.3) is 0 Å².